The second-order valence-electron chi connectivity index (χ2n) is 7.75. The lowest BCUT2D eigenvalue weighted by molar-refractivity contribution is 0.214. The minimum atomic E-state index is -0.358. The number of guanidine groups is 1. The molecule has 3 rings (SSSR count). The summed E-state index contributed by atoms with van der Waals surface area (Å²) in [5.41, 5.74) is 1.11. The molecule has 1 atom stereocenters. The molecule has 0 spiro atoms. The molecule has 168 valence electrons. The first-order valence-corrected chi connectivity index (χ1v) is 10.9. The monoisotopic (exact) mass is 428 g/mol. The van der Waals surface area contributed by atoms with E-state index >= 15 is 0 Å². The molecule has 1 aromatic heterocycles. The van der Waals surface area contributed by atoms with Gasteiger partial charge in [-0.2, -0.15) is 0 Å². The van der Waals surface area contributed by atoms with Crippen LogP contribution in [0.3, 0.4) is 0 Å². The molecule has 2 heterocycles. The molecule has 0 amide bonds. The van der Waals surface area contributed by atoms with Gasteiger partial charge in [-0.15, -0.1) is 0 Å². The molecule has 0 radical (unpaired) electrons. The van der Waals surface area contributed by atoms with Gasteiger partial charge in [-0.3, -0.25) is 0 Å². The van der Waals surface area contributed by atoms with Crippen LogP contribution in [0.15, 0.2) is 47.6 Å². The van der Waals surface area contributed by atoms with Crippen LogP contribution in [-0.2, 0) is 6.54 Å². The molecule has 2 N–H and O–H groups in total. The second-order valence-corrected chi connectivity index (χ2v) is 7.75. The molecule has 1 aliphatic rings. The van der Waals surface area contributed by atoms with E-state index in [2.05, 4.69) is 43.5 Å². The lowest BCUT2D eigenvalue weighted by atomic mass is 10.2. The topological polar surface area (TPSA) is 65.0 Å². The number of nitrogens with one attached hydrogen (secondary N) is 2. The highest BCUT2D eigenvalue weighted by Gasteiger charge is 2.15. The van der Waals surface area contributed by atoms with Crippen molar-refractivity contribution in [1.29, 1.82) is 0 Å². The number of halogens is 1. The number of hydrogen-bond acceptors (Lipinski definition) is 5. The Balaban J connectivity index is 1.55. The number of nitrogens with zero attached hydrogens (tertiary/aromatic N) is 4. The summed E-state index contributed by atoms with van der Waals surface area (Å²) in [4.78, 5) is 13.9. The highest BCUT2D eigenvalue weighted by atomic mass is 19.1. The Bertz CT molecular complexity index is 853. The van der Waals surface area contributed by atoms with Crippen LogP contribution in [-0.4, -0.2) is 68.3 Å². The van der Waals surface area contributed by atoms with Crippen LogP contribution in [0.25, 0.3) is 0 Å². The third-order valence-corrected chi connectivity index (χ3v) is 5.12. The Morgan fingerprint density at radius 2 is 1.97 bits per heavy atom. The second kappa shape index (κ2) is 11.5. The predicted octanol–water partition coefficient (Wildman–Crippen LogP) is 2.50. The molecular formula is C23H33FN6O. The maximum atomic E-state index is 13.8. The molecule has 1 aromatic carbocycles. The van der Waals surface area contributed by atoms with Crippen molar-refractivity contribution >= 4 is 11.8 Å². The van der Waals surface area contributed by atoms with Gasteiger partial charge in [0, 0.05) is 38.9 Å². The van der Waals surface area contributed by atoms with Gasteiger partial charge < -0.3 is 25.2 Å². The lowest BCUT2D eigenvalue weighted by Gasteiger charge is -2.33. The highest BCUT2D eigenvalue weighted by Crippen LogP contribution is 2.17. The fourth-order valence-corrected chi connectivity index (χ4v) is 3.32. The molecule has 1 aliphatic heterocycles. The minimum Gasteiger partial charge on any atom is -0.486 e. The molecule has 0 saturated carbocycles. The molecule has 31 heavy (non-hydrogen) atoms. The van der Waals surface area contributed by atoms with Crippen LogP contribution >= 0.6 is 0 Å². The molecule has 1 unspecified atom stereocenters. The van der Waals surface area contributed by atoms with Gasteiger partial charge in [-0.25, -0.2) is 14.4 Å². The van der Waals surface area contributed by atoms with E-state index in [1.54, 1.807) is 18.2 Å². The van der Waals surface area contributed by atoms with Crippen LogP contribution < -0.4 is 20.3 Å². The van der Waals surface area contributed by atoms with Gasteiger partial charge >= 0.3 is 0 Å². The van der Waals surface area contributed by atoms with E-state index < -0.39 is 0 Å². The Labute approximate surface area is 184 Å². The van der Waals surface area contributed by atoms with Crippen molar-refractivity contribution in [3.63, 3.8) is 0 Å². The van der Waals surface area contributed by atoms with Gasteiger partial charge in [-0.05, 0) is 50.7 Å². The van der Waals surface area contributed by atoms with E-state index in [4.69, 9.17) is 4.74 Å². The third kappa shape index (κ3) is 7.10. The van der Waals surface area contributed by atoms with E-state index in [1.807, 2.05) is 26.1 Å². The third-order valence-electron chi connectivity index (χ3n) is 5.12. The summed E-state index contributed by atoms with van der Waals surface area (Å²) in [6, 6.07) is 10.5. The minimum absolute atomic E-state index is 0.217. The van der Waals surface area contributed by atoms with Crippen molar-refractivity contribution in [2.45, 2.75) is 26.5 Å². The summed E-state index contributed by atoms with van der Waals surface area (Å²) in [6.45, 7) is 9.78. The largest absolute Gasteiger partial charge is 0.486 e. The van der Waals surface area contributed by atoms with Crippen LogP contribution in [0.4, 0.5) is 10.2 Å². The molecule has 8 heteroatoms. The van der Waals surface area contributed by atoms with Crippen LogP contribution in [0, 0.1) is 5.82 Å². The number of pyridine rings is 1. The molecular weight excluding hydrogens is 395 g/mol. The zero-order valence-electron chi connectivity index (χ0n) is 18.6. The number of aromatic nitrogens is 1. The summed E-state index contributed by atoms with van der Waals surface area (Å²) < 4.78 is 19.5. The van der Waals surface area contributed by atoms with E-state index in [1.165, 1.54) is 6.07 Å². The number of likely N-dealkylation sites (N-methyl/N-ethyl adjacent to an activating group) is 1. The number of aliphatic imine (C=N–C) groups is 1. The Morgan fingerprint density at radius 1 is 1.19 bits per heavy atom. The van der Waals surface area contributed by atoms with E-state index in [9.17, 15) is 4.39 Å². The predicted molar refractivity (Wildman–Crippen MR) is 123 cm³/mol. The maximum absolute atomic E-state index is 13.8. The Hall–Kier alpha value is -2.87. The number of hydrogen-bond donors (Lipinski definition) is 2. The smallest absolute Gasteiger partial charge is 0.191 e. The average Bonchev–Trinajstić information content (AvgIpc) is 2.78. The fraction of sp³-hybridized carbons (Fsp3) is 0.478. The van der Waals surface area contributed by atoms with E-state index in [-0.39, 0.29) is 17.7 Å². The van der Waals surface area contributed by atoms with E-state index in [0.29, 0.717) is 19.0 Å². The van der Waals surface area contributed by atoms with Crippen molar-refractivity contribution in [1.82, 2.24) is 20.5 Å². The summed E-state index contributed by atoms with van der Waals surface area (Å²) >= 11 is 0. The van der Waals surface area contributed by atoms with E-state index in [0.717, 1.165) is 44.1 Å². The normalized spacial score (nSPS) is 16.1. The quantitative estimate of drug-likeness (QED) is 0.498. The Morgan fingerprint density at radius 3 is 2.71 bits per heavy atom. The van der Waals surface area contributed by atoms with Gasteiger partial charge in [0.2, 0.25) is 0 Å². The number of anilines is 1. The number of rotatable bonds is 8. The van der Waals surface area contributed by atoms with Crippen LogP contribution in [0.1, 0.15) is 19.4 Å². The van der Waals surface area contributed by atoms with Crippen LogP contribution in [0.5, 0.6) is 5.75 Å². The first kappa shape index (κ1) is 22.8. The van der Waals surface area contributed by atoms with Crippen molar-refractivity contribution in [2.75, 3.05) is 51.2 Å². The number of piperazine rings is 1. The number of para-hydroxylation sites is 1. The lowest BCUT2D eigenvalue weighted by Crippen LogP contribution is -2.44. The van der Waals surface area contributed by atoms with Gasteiger partial charge in [0.15, 0.2) is 17.5 Å². The fourth-order valence-electron chi connectivity index (χ4n) is 3.32. The highest BCUT2D eigenvalue weighted by molar-refractivity contribution is 5.79. The zero-order valence-corrected chi connectivity index (χ0v) is 18.6. The van der Waals surface area contributed by atoms with Crippen molar-refractivity contribution in [3.05, 3.63) is 54.0 Å². The van der Waals surface area contributed by atoms with Gasteiger partial charge in [0.1, 0.15) is 11.9 Å². The molecule has 7 nitrogen and oxygen atoms in total. The first-order valence-electron chi connectivity index (χ1n) is 10.9. The van der Waals surface area contributed by atoms with Gasteiger partial charge in [0.25, 0.3) is 0 Å². The standard InChI is InChI=1S/C23H33FN6O/c1-4-25-23(27-16-18(2)31-21-8-6-5-7-20(21)24)28-17-19-9-10-26-22(15-19)30-13-11-29(3)12-14-30/h5-10,15,18H,4,11-14,16-17H2,1-3H3,(H2,25,27,28). The first-order chi connectivity index (χ1) is 15.0. The number of benzene rings is 1. The maximum Gasteiger partial charge on any atom is 0.191 e. The molecule has 2 aromatic rings. The Kier molecular flexibility index (Phi) is 8.46. The molecule has 0 bridgehead atoms. The summed E-state index contributed by atoms with van der Waals surface area (Å²) in [7, 11) is 2.15. The van der Waals surface area contributed by atoms with Crippen molar-refractivity contribution in [3.8, 4) is 5.75 Å². The zero-order chi connectivity index (χ0) is 22.1. The molecule has 1 fully saturated rings. The summed E-state index contributed by atoms with van der Waals surface area (Å²) in [5.74, 6) is 1.60. The van der Waals surface area contributed by atoms with Gasteiger partial charge in [-0.1, -0.05) is 12.1 Å². The molecule has 0 aliphatic carbocycles. The summed E-state index contributed by atoms with van der Waals surface area (Å²) in [5, 5.41) is 6.52. The van der Waals surface area contributed by atoms with Crippen LogP contribution in [0.2, 0.25) is 0 Å². The van der Waals surface area contributed by atoms with Gasteiger partial charge in [0.05, 0.1) is 13.1 Å². The number of ether oxygens (including phenoxy) is 1. The molecule has 1 saturated heterocycles. The van der Waals surface area contributed by atoms with Crippen molar-refractivity contribution in [2.24, 2.45) is 4.99 Å². The SMILES string of the molecule is CCNC(=NCc1ccnc(N2CCN(C)CC2)c1)NCC(C)Oc1ccccc1F. The van der Waals surface area contributed by atoms with Crippen molar-refractivity contribution < 1.29 is 9.13 Å². The average molecular weight is 429 g/mol. The summed E-state index contributed by atoms with van der Waals surface area (Å²) in [6.07, 6.45) is 1.63.